The number of nitrogens with zero attached hydrogens (tertiary/aromatic N) is 2. The van der Waals surface area contributed by atoms with Gasteiger partial charge in [0, 0.05) is 41.6 Å². The van der Waals surface area contributed by atoms with Crippen LogP contribution in [0.15, 0.2) is 0 Å². The van der Waals surface area contributed by atoms with Crippen molar-refractivity contribution in [1.29, 1.82) is 0 Å². The lowest BCUT2D eigenvalue weighted by Gasteiger charge is -2.32. The lowest BCUT2D eigenvalue weighted by Crippen LogP contribution is -2.40. The van der Waals surface area contributed by atoms with Crippen LogP contribution in [0.2, 0.25) is 0 Å². The van der Waals surface area contributed by atoms with Crippen LogP contribution >= 0.6 is 23.1 Å². The van der Waals surface area contributed by atoms with Crippen molar-refractivity contribution < 1.29 is 0 Å². The van der Waals surface area contributed by atoms with E-state index in [9.17, 15) is 0 Å². The summed E-state index contributed by atoms with van der Waals surface area (Å²) in [5.41, 5.74) is 1.34. The number of aromatic nitrogens is 1. The van der Waals surface area contributed by atoms with Gasteiger partial charge in [-0.25, -0.2) is 4.98 Å². The van der Waals surface area contributed by atoms with Crippen molar-refractivity contribution in [3.05, 3.63) is 10.6 Å². The first kappa shape index (κ1) is 15.6. The van der Waals surface area contributed by atoms with Gasteiger partial charge >= 0.3 is 0 Å². The van der Waals surface area contributed by atoms with Gasteiger partial charge in [0.25, 0.3) is 0 Å². The van der Waals surface area contributed by atoms with E-state index in [0.717, 1.165) is 19.1 Å². The van der Waals surface area contributed by atoms with E-state index in [4.69, 9.17) is 4.98 Å². The molecule has 1 aromatic rings. The summed E-state index contributed by atoms with van der Waals surface area (Å²) in [6, 6.07) is 1.38. The zero-order valence-corrected chi connectivity index (χ0v) is 15.0. The first-order valence-electron chi connectivity index (χ1n) is 8.26. The maximum absolute atomic E-state index is 5.05. The van der Waals surface area contributed by atoms with Gasteiger partial charge in [-0.05, 0) is 32.1 Å². The van der Waals surface area contributed by atoms with Crippen molar-refractivity contribution in [2.75, 3.05) is 23.0 Å². The second kappa shape index (κ2) is 6.88. The predicted octanol–water partition coefficient (Wildman–Crippen LogP) is 3.85. The average Bonchev–Trinajstić information content (AvgIpc) is 3.23. The molecule has 1 saturated carbocycles. The molecule has 2 atom stereocenters. The molecule has 2 fully saturated rings. The fourth-order valence-electron chi connectivity index (χ4n) is 2.71. The molecule has 3 nitrogen and oxygen atoms in total. The van der Waals surface area contributed by atoms with Crippen LogP contribution in [0.1, 0.15) is 56.5 Å². The Hall–Kier alpha value is -0.260. The molecule has 2 unspecified atom stereocenters. The molecule has 21 heavy (non-hydrogen) atoms. The van der Waals surface area contributed by atoms with Crippen LogP contribution in [0.5, 0.6) is 0 Å². The highest BCUT2D eigenvalue weighted by molar-refractivity contribution is 7.99. The molecule has 2 heterocycles. The van der Waals surface area contributed by atoms with Gasteiger partial charge in [0.2, 0.25) is 0 Å². The third-order valence-corrected chi connectivity index (χ3v) is 6.84. The minimum absolute atomic E-state index is 0.570. The van der Waals surface area contributed by atoms with Crippen LogP contribution in [-0.2, 0) is 6.54 Å². The highest BCUT2D eigenvalue weighted by Crippen LogP contribution is 2.35. The monoisotopic (exact) mass is 325 g/mol. The minimum atomic E-state index is 0.570. The molecule has 0 radical (unpaired) electrons. The standard InChI is InChI=1S/C16H27N3S2/c1-4-11(2)15-14(9-17-13-5-6-13)21-16(18-15)19-7-8-20-10-12(19)3/h11-13,17H,4-10H2,1-3H3. The summed E-state index contributed by atoms with van der Waals surface area (Å²) in [6.45, 7) is 9.07. The van der Waals surface area contributed by atoms with Crippen LogP contribution < -0.4 is 10.2 Å². The van der Waals surface area contributed by atoms with E-state index in [2.05, 4.69) is 42.7 Å². The van der Waals surface area contributed by atoms with E-state index >= 15 is 0 Å². The first-order chi connectivity index (χ1) is 10.2. The predicted molar refractivity (Wildman–Crippen MR) is 94.8 cm³/mol. The molecule has 1 N–H and O–H groups in total. The van der Waals surface area contributed by atoms with Crippen molar-refractivity contribution in [2.45, 2.75) is 64.6 Å². The highest BCUT2D eigenvalue weighted by atomic mass is 32.2. The van der Waals surface area contributed by atoms with Crippen molar-refractivity contribution in [1.82, 2.24) is 10.3 Å². The van der Waals surface area contributed by atoms with E-state index in [1.165, 1.54) is 46.5 Å². The number of anilines is 1. The summed E-state index contributed by atoms with van der Waals surface area (Å²) in [4.78, 5) is 9.04. The molecule has 2 aliphatic rings. The van der Waals surface area contributed by atoms with E-state index in [0.29, 0.717) is 12.0 Å². The summed E-state index contributed by atoms with van der Waals surface area (Å²) >= 11 is 3.99. The third kappa shape index (κ3) is 3.74. The van der Waals surface area contributed by atoms with Gasteiger partial charge < -0.3 is 10.2 Å². The Morgan fingerprint density at radius 1 is 1.43 bits per heavy atom. The van der Waals surface area contributed by atoms with E-state index in [1.54, 1.807) is 0 Å². The Bertz CT molecular complexity index is 470. The van der Waals surface area contributed by atoms with Gasteiger partial charge in [0.1, 0.15) is 0 Å². The zero-order chi connectivity index (χ0) is 14.8. The summed E-state index contributed by atoms with van der Waals surface area (Å²) in [7, 11) is 0. The summed E-state index contributed by atoms with van der Waals surface area (Å²) in [5, 5.41) is 4.92. The molecule has 1 aliphatic heterocycles. The minimum Gasteiger partial charge on any atom is -0.344 e. The number of rotatable bonds is 6. The first-order valence-corrected chi connectivity index (χ1v) is 10.2. The summed E-state index contributed by atoms with van der Waals surface area (Å²) in [5.74, 6) is 3.03. The lowest BCUT2D eigenvalue weighted by atomic mass is 10.0. The zero-order valence-electron chi connectivity index (χ0n) is 13.4. The largest absolute Gasteiger partial charge is 0.344 e. The number of hydrogen-bond acceptors (Lipinski definition) is 5. The number of thioether (sulfide) groups is 1. The molecule has 118 valence electrons. The number of nitrogens with one attached hydrogen (secondary N) is 1. The Balaban J connectivity index is 1.79. The van der Waals surface area contributed by atoms with Gasteiger partial charge in [-0.2, -0.15) is 11.8 Å². The van der Waals surface area contributed by atoms with E-state index in [-0.39, 0.29) is 0 Å². The Morgan fingerprint density at radius 3 is 2.90 bits per heavy atom. The number of hydrogen-bond donors (Lipinski definition) is 1. The SMILES string of the molecule is CCC(C)c1nc(N2CCSCC2C)sc1CNC1CC1. The van der Waals surface area contributed by atoms with Crippen molar-refractivity contribution in [3.63, 3.8) is 0 Å². The van der Waals surface area contributed by atoms with E-state index in [1.807, 2.05) is 11.3 Å². The topological polar surface area (TPSA) is 28.2 Å². The van der Waals surface area contributed by atoms with Gasteiger partial charge in [-0.1, -0.05) is 13.8 Å². The molecule has 0 spiro atoms. The van der Waals surface area contributed by atoms with Gasteiger partial charge in [-0.3, -0.25) is 0 Å². The van der Waals surface area contributed by atoms with Gasteiger partial charge in [0.05, 0.1) is 5.69 Å². The normalized spacial score (nSPS) is 24.3. The fourth-order valence-corrected chi connectivity index (χ4v) is 4.99. The highest BCUT2D eigenvalue weighted by Gasteiger charge is 2.26. The van der Waals surface area contributed by atoms with Gasteiger partial charge in [0.15, 0.2) is 5.13 Å². The fraction of sp³-hybridized carbons (Fsp3) is 0.812. The van der Waals surface area contributed by atoms with Crippen LogP contribution in [-0.4, -0.2) is 35.1 Å². The maximum Gasteiger partial charge on any atom is 0.186 e. The molecule has 0 bridgehead atoms. The Labute approximate surface area is 136 Å². The van der Waals surface area contributed by atoms with Crippen LogP contribution in [0.3, 0.4) is 0 Å². The summed E-state index contributed by atoms with van der Waals surface area (Å²) < 4.78 is 0. The maximum atomic E-state index is 5.05. The quantitative estimate of drug-likeness (QED) is 0.860. The van der Waals surface area contributed by atoms with Gasteiger partial charge in [-0.15, -0.1) is 11.3 Å². The van der Waals surface area contributed by atoms with Crippen molar-refractivity contribution in [3.8, 4) is 0 Å². The van der Waals surface area contributed by atoms with Crippen LogP contribution in [0, 0.1) is 0 Å². The smallest absolute Gasteiger partial charge is 0.186 e. The molecule has 5 heteroatoms. The van der Waals surface area contributed by atoms with Crippen molar-refractivity contribution >= 4 is 28.2 Å². The summed E-state index contributed by atoms with van der Waals surface area (Å²) in [6.07, 6.45) is 3.88. The Morgan fingerprint density at radius 2 is 2.24 bits per heavy atom. The molecular weight excluding hydrogens is 298 g/mol. The molecule has 0 aromatic carbocycles. The molecule has 1 aromatic heterocycles. The lowest BCUT2D eigenvalue weighted by molar-refractivity contribution is 0.656. The molecule has 1 aliphatic carbocycles. The van der Waals surface area contributed by atoms with Crippen LogP contribution in [0.25, 0.3) is 0 Å². The Kier molecular flexibility index (Phi) is 5.12. The molecular formula is C16H27N3S2. The van der Waals surface area contributed by atoms with E-state index < -0.39 is 0 Å². The van der Waals surface area contributed by atoms with Crippen LogP contribution in [0.4, 0.5) is 5.13 Å². The number of thiazole rings is 1. The van der Waals surface area contributed by atoms with Crippen molar-refractivity contribution in [2.24, 2.45) is 0 Å². The average molecular weight is 326 g/mol. The third-order valence-electron chi connectivity index (χ3n) is 4.54. The second-order valence-electron chi connectivity index (χ2n) is 6.39. The second-order valence-corrected chi connectivity index (χ2v) is 8.60. The molecule has 1 saturated heterocycles. The molecule has 0 amide bonds. The molecule has 3 rings (SSSR count).